The van der Waals surface area contributed by atoms with Crippen LogP contribution in [-0.2, 0) is 28.6 Å². The number of esters is 3. The van der Waals surface area contributed by atoms with Crippen molar-refractivity contribution in [2.24, 2.45) is 0 Å². The van der Waals surface area contributed by atoms with Crippen molar-refractivity contribution in [3.63, 3.8) is 0 Å². The molecule has 0 spiro atoms. The molecule has 0 heterocycles. The van der Waals surface area contributed by atoms with Gasteiger partial charge < -0.3 is 14.2 Å². The lowest BCUT2D eigenvalue weighted by atomic mass is 10.0. The second-order valence-electron chi connectivity index (χ2n) is 21.6. The highest BCUT2D eigenvalue weighted by atomic mass is 16.6. The molecule has 0 aliphatic rings. The van der Waals surface area contributed by atoms with Crippen LogP contribution in [0.4, 0.5) is 0 Å². The Hall–Kier alpha value is -4.71. The highest BCUT2D eigenvalue weighted by Gasteiger charge is 2.19. The van der Waals surface area contributed by atoms with E-state index in [1.165, 1.54) is 109 Å². The molecule has 458 valence electrons. The van der Waals surface area contributed by atoms with Crippen molar-refractivity contribution in [3.05, 3.63) is 146 Å². The highest BCUT2D eigenvalue weighted by Crippen LogP contribution is 2.15. The molecule has 0 aromatic heterocycles. The third-order valence-corrected chi connectivity index (χ3v) is 13.8. The molecule has 0 N–H and O–H groups in total. The Balaban J connectivity index is 4.42. The average molecular weight is 1120 g/mol. The number of hydrogen-bond acceptors (Lipinski definition) is 6. The molecule has 1 unspecified atom stereocenters. The van der Waals surface area contributed by atoms with Crippen LogP contribution in [0.3, 0.4) is 0 Å². The molecule has 0 bridgehead atoms. The Morgan fingerprint density at radius 1 is 0.259 bits per heavy atom. The second-order valence-corrected chi connectivity index (χ2v) is 21.6. The molecule has 0 aliphatic carbocycles. The van der Waals surface area contributed by atoms with Crippen LogP contribution in [0.15, 0.2) is 146 Å². The van der Waals surface area contributed by atoms with Gasteiger partial charge in [0.15, 0.2) is 6.10 Å². The van der Waals surface area contributed by atoms with E-state index in [4.69, 9.17) is 14.2 Å². The Morgan fingerprint density at radius 2 is 0.481 bits per heavy atom. The summed E-state index contributed by atoms with van der Waals surface area (Å²) in [6, 6.07) is 0. The lowest BCUT2D eigenvalue weighted by molar-refractivity contribution is -0.167. The predicted molar refractivity (Wildman–Crippen MR) is 352 cm³/mol. The van der Waals surface area contributed by atoms with Gasteiger partial charge in [0.25, 0.3) is 0 Å². The first kappa shape index (κ1) is 76.3. The van der Waals surface area contributed by atoms with Gasteiger partial charge >= 0.3 is 17.9 Å². The number of ether oxygens (including phenoxy) is 3. The Morgan fingerprint density at radius 3 is 0.778 bits per heavy atom. The van der Waals surface area contributed by atoms with Crippen molar-refractivity contribution in [2.75, 3.05) is 13.2 Å². The van der Waals surface area contributed by atoms with Crippen molar-refractivity contribution in [1.82, 2.24) is 0 Å². The monoisotopic (exact) mass is 1120 g/mol. The fourth-order valence-corrected chi connectivity index (χ4v) is 8.88. The zero-order chi connectivity index (χ0) is 58.5. The Bertz CT molecular complexity index is 1760. The minimum Gasteiger partial charge on any atom is -0.462 e. The molecule has 0 saturated heterocycles. The summed E-state index contributed by atoms with van der Waals surface area (Å²) in [4.78, 5) is 38.4. The van der Waals surface area contributed by atoms with Gasteiger partial charge in [-0.25, -0.2) is 0 Å². The molecule has 0 rings (SSSR count). The fourth-order valence-electron chi connectivity index (χ4n) is 8.88. The zero-order valence-electron chi connectivity index (χ0n) is 52.5. The minimum atomic E-state index is -0.811. The van der Waals surface area contributed by atoms with Crippen LogP contribution in [-0.4, -0.2) is 37.2 Å². The van der Waals surface area contributed by atoms with Crippen LogP contribution in [0.25, 0.3) is 0 Å². The van der Waals surface area contributed by atoms with E-state index < -0.39 is 6.10 Å². The standard InChI is InChI=1S/C75H122O6/c1-4-7-10-13-16-19-22-25-28-30-32-34-35-36-37-38-39-41-42-44-47-50-53-56-59-62-65-68-74(77)80-71-72(70-79-73(76)67-64-61-58-55-52-49-46-27-24-21-18-15-12-9-6-3)81-75(78)69-66-63-60-57-54-51-48-45-43-40-33-31-29-26-23-20-17-14-11-8-5-2/h7,9-10,12,16,18-19,21,23,25-28,31-34,36-37,43,45-46,52,55,72H,4-6,8,11,13-15,17,20,22,24,29-30,35,38-42,44,47-51,53-54,56-71H2,1-3H3/b10-7-,12-9-,19-16-,21-18-,26-23-,28-25-,33-31-,34-32-,37-36-,45-43-,46-27-,55-52-. The maximum Gasteiger partial charge on any atom is 0.306 e. The van der Waals surface area contributed by atoms with E-state index in [1.54, 1.807) is 0 Å². The summed E-state index contributed by atoms with van der Waals surface area (Å²) in [5.41, 5.74) is 0. The topological polar surface area (TPSA) is 78.9 Å². The van der Waals surface area contributed by atoms with E-state index >= 15 is 0 Å². The van der Waals surface area contributed by atoms with Gasteiger partial charge in [-0.3, -0.25) is 14.4 Å². The number of carbonyl (C=O) groups excluding carboxylic acids is 3. The number of rotatable bonds is 59. The molecule has 0 amide bonds. The molecule has 0 saturated carbocycles. The average Bonchev–Trinajstić information content (AvgIpc) is 3.47. The lowest BCUT2D eigenvalue weighted by Crippen LogP contribution is -2.30. The van der Waals surface area contributed by atoms with Gasteiger partial charge in [0, 0.05) is 19.3 Å². The lowest BCUT2D eigenvalue weighted by Gasteiger charge is -2.18. The van der Waals surface area contributed by atoms with E-state index in [0.29, 0.717) is 19.3 Å². The van der Waals surface area contributed by atoms with Crippen molar-refractivity contribution >= 4 is 17.9 Å². The summed E-state index contributed by atoms with van der Waals surface area (Å²) in [5, 5.41) is 0. The predicted octanol–water partition coefficient (Wildman–Crippen LogP) is 23.1. The zero-order valence-corrected chi connectivity index (χ0v) is 52.5. The van der Waals surface area contributed by atoms with E-state index in [1.807, 2.05) is 0 Å². The van der Waals surface area contributed by atoms with Crippen LogP contribution in [0.5, 0.6) is 0 Å². The first-order valence-electron chi connectivity index (χ1n) is 33.3. The largest absolute Gasteiger partial charge is 0.462 e. The van der Waals surface area contributed by atoms with Crippen LogP contribution < -0.4 is 0 Å². The number of allylic oxidation sites excluding steroid dienone is 24. The Kier molecular flexibility index (Phi) is 63.9. The SMILES string of the molecule is CC/C=C\C/C=C\C/C=C\C/C=C\C/C=C\CCCCCCCCCCCCCC(=O)OCC(COC(=O)CCCC/C=C\C/C=C\C/C=C\C/C=C\CC)OC(=O)CCCCCCCC/C=C\C/C=C\C/C=C\CCCCCCC. The highest BCUT2D eigenvalue weighted by molar-refractivity contribution is 5.71. The molecule has 0 aliphatic heterocycles. The number of unbranched alkanes of at least 4 members (excludes halogenated alkanes) is 24. The molecule has 1 atom stereocenters. The van der Waals surface area contributed by atoms with Gasteiger partial charge in [-0.1, -0.05) is 276 Å². The molecular weight excluding hydrogens is 997 g/mol. The molecule has 6 heteroatoms. The van der Waals surface area contributed by atoms with Crippen LogP contribution in [0, 0.1) is 0 Å². The van der Waals surface area contributed by atoms with Gasteiger partial charge in [0.1, 0.15) is 13.2 Å². The van der Waals surface area contributed by atoms with Gasteiger partial charge in [-0.05, 0) is 141 Å². The normalized spacial score (nSPS) is 13.1. The fraction of sp³-hybridized carbons (Fsp3) is 0.640. The van der Waals surface area contributed by atoms with Crippen molar-refractivity contribution < 1.29 is 28.6 Å². The van der Waals surface area contributed by atoms with Crippen LogP contribution >= 0.6 is 0 Å². The van der Waals surface area contributed by atoms with E-state index in [2.05, 4.69) is 167 Å². The van der Waals surface area contributed by atoms with E-state index in [-0.39, 0.29) is 31.1 Å². The molecule has 6 nitrogen and oxygen atoms in total. The van der Waals surface area contributed by atoms with Crippen molar-refractivity contribution in [2.45, 2.75) is 297 Å². The molecule has 0 aromatic carbocycles. The van der Waals surface area contributed by atoms with Crippen molar-refractivity contribution in [3.8, 4) is 0 Å². The second kappa shape index (κ2) is 67.8. The third kappa shape index (κ3) is 66.0. The number of carbonyl (C=O) groups is 3. The number of hydrogen-bond donors (Lipinski definition) is 0. The summed E-state index contributed by atoms with van der Waals surface area (Å²) in [7, 11) is 0. The third-order valence-electron chi connectivity index (χ3n) is 13.8. The van der Waals surface area contributed by atoms with Gasteiger partial charge in [0.2, 0.25) is 0 Å². The maximum absolute atomic E-state index is 12.9. The smallest absolute Gasteiger partial charge is 0.306 e. The summed E-state index contributed by atoms with van der Waals surface area (Å²) < 4.78 is 16.9. The molecule has 81 heavy (non-hydrogen) atoms. The summed E-state index contributed by atoms with van der Waals surface area (Å²) in [6.07, 6.45) is 97.1. The minimum absolute atomic E-state index is 0.103. The van der Waals surface area contributed by atoms with E-state index in [9.17, 15) is 14.4 Å². The van der Waals surface area contributed by atoms with Gasteiger partial charge in [0.05, 0.1) is 0 Å². The van der Waals surface area contributed by atoms with Gasteiger partial charge in [-0.15, -0.1) is 0 Å². The first-order valence-corrected chi connectivity index (χ1v) is 33.3. The molecule has 0 fully saturated rings. The summed E-state index contributed by atoms with van der Waals surface area (Å²) >= 11 is 0. The first-order chi connectivity index (χ1) is 40.0. The summed E-state index contributed by atoms with van der Waals surface area (Å²) in [6.45, 7) is 6.36. The quantitative estimate of drug-likeness (QED) is 0.0261. The van der Waals surface area contributed by atoms with Crippen molar-refractivity contribution in [1.29, 1.82) is 0 Å². The Labute approximate surface area is 499 Å². The van der Waals surface area contributed by atoms with Crippen LogP contribution in [0.2, 0.25) is 0 Å². The summed E-state index contributed by atoms with van der Waals surface area (Å²) in [5.74, 6) is -0.959. The molecule has 0 aromatic rings. The van der Waals surface area contributed by atoms with Gasteiger partial charge in [-0.2, -0.15) is 0 Å². The van der Waals surface area contributed by atoms with E-state index in [0.717, 1.165) is 141 Å². The maximum atomic E-state index is 12.9. The molecular formula is C75H122O6. The van der Waals surface area contributed by atoms with Crippen LogP contribution in [0.1, 0.15) is 290 Å². The molecule has 0 radical (unpaired) electrons.